The van der Waals surface area contributed by atoms with Crippen LogP contribution < -0.4 is 10.6 Å². The van der Waals surface area contributed by atoms with Crippen molar-refractivity contribution in [3.63, 3.8) is 0 Å². The predicted octanol–water partition coefficient (Wildman–Crippen LogP) is 3.52. The number of carbonyl (C=O) groups excluding carboxylic acids is 3. The molecule has 0 bridgehead atoms. The third-order valence-electron chi connectivity index (χ3n) is 4.12. The van der Waals surface area contributed by atoms with E-state index in [1.807, 2.05) is 60.7 Å². The molecular formula is C22H20N2O5. The van der Waals surface area contributed by atoms with Gasteiger partial charge in [-0.25, -0.2) is 9.59 Å². The van der Waals surface area contributed by atoms with Crippen LogP contribution in [0.25, 0.3) is 11.1 Å². The van der Waals surface area contributed by atoms with Gasteiger partial charge in [-0.1, -0.05) is 60.7 Å². The van der Waals surface area contributed by atoms with E-state index >= 15 is 0 Å². The highest BCUT2D eigenvalue weighted by Crippen LogP contribution is 2.25. The number of ether oxygens (including phenoxy) is 1. The quantitative estimate of drug-likeness (QED) is 0.626. The summed E-state index contributed by atoms with van der Waals surface area (Å²) in [6, 6.07) is 19.4. The molecule has 1 unspecified atom stereocenters. The van der Waals surface area contributed by atoms with Crippen LogP contribution in [0.4, 0.5) is 4.79 Å². The van der Waals surface area contributed by atoms with E-state index in [9.17, 15) is 14.4 Å². The van der Waals surface area contributed by atoms with Crippen LogP contribution in [-0.4, -0.2) is 24.0 Å². The Balaban J connectivity index is 1.54. The zero-order chi connectivity index (χ0) is 20.6. The van der Waals surface area contributed by atoms with Crippen molar-refractivity contribution in [1.82, 2.24) is 10.6 Å². The highest BCUT2D eigenvalue weighted by atomic mass is 16.6. The van der Waals surface area contributed by atoms with Crippen molar-refractivity contribution >= 4 is 17.9 Å². The molecule has 0 saturated heterocycles. The number of nitrogens with one attached hydrogen (secondary N) is 2. The van der Waals surface area contributed by atoms with Gasteiger partial charge in [0.25, 0.3) is 5.91 Å². The maximum absolute atomic E-state index is 12.4. The number of urea groups is 1. The molecule has 3 rings (SSSR count). The van der Waals surface area contributed by atoms with Crippen LogP contribution >= 0.6 is 0 Å². The summed E-state index contributed by atoms with van der Waals surface area (Å²) in [5.74, 6) is -1.54. The fraction of sp³-hybridized carbons (Fsp3) is 0.136. The lowest BCUT2D eigenvalue weighted by atomic mass is 10.1. The first kappa shape index (κ1) is 19.9. The molecule has 148 valence electrons. The van der Waals surface area contributed by atoms with Crippen molar-refractivity contribution in [2.24, 2.45) is 0 Å². The third-order valence-corrected chi connectivity index (χ3v) is 4.12. The van der Waals surface area contributed by atoms with Gasteiger partial charge in [0.2, 0.25) is 5.76 Å². The van der Waals surface area contributed by atoms with Gasteiger partial charge in [-0.2, -0.15) is 0 Å². The summed E-state index contributed by atoms with van der Waals surface area (Å²) in [5.41, 5.74) is 2.23. The first-order valence-electron chi connectivity index (χ1n) is 9.01. The summed E-state index contributed by atoms with van der Waals surface area (Å²) < 4.78 is 10.4. The minimum absolute atomic E-state index is 0.00983. The Morgan fingerprint density at radius 1 is 0.966 bits per heavy atom. The van der Waals surface area contributed by atoms with Crippen molar-refractivity contribution in [2.75, 3.05) is 0 Å². The van der Waals surface area contributed by atoms with Crippen molar-refractivity contribution in [2.45, 2.75) is 19.6 Å². The van der Waals surface area contributed by atoms with E-state index in [4.69, 9.17) is 9.15 Å². The molecule has 0 spiro atoms. The van der Waals surface area contributed by atoms with Crippen LogP contribution in [0.2, 0.25) is 0 Å². The summed E-state index contributed by atoms with van der Waals surface area (Å²) in [6.45, 7) is 1.64. The van der Waals surface area contributed by atoms with E-state index in [0.717, 1.165) is 11.1 Å². The number of furan rings is 1. The van der Waals surface area contributed by atoms with Gasteiger partial charge in [0, 0.05) is 12.1 Å². The lowest BCUT2D eigenvalue weighted by Gasteiger charge is -2.13. The van der Waals surface area contributed by atoms with Crippen molar-refractivity contribution < 1.29 is 23.5 Å². The van der Waals surface area contributed by atoms with Crippen LogP contribution in [0.5, 0.6) is 0 Å². The summed E-state index contributed by atoms with van der Waals surface area (Å²) in [5, 5.41) is 4.72. The number of benzene rings is 2. The molecule has 1 aromatic heterocycles. The topological polar surface area (TPSA) is 97.6 Å². The average Bonchev–Trinajstić information content (AvgIpc) is 3.23. The standard InChI is InChI=1S/C22H20N2O5/c1-15(20(25)24-22(27)23-14-16-8-4-2-5-9-16)29-21(26)19-18(12-13-28-19)17-10-6-3-7-11-17/h2-13,15H,14H2,1H3,(H2,23,24,25,27). The Morgan fingerprint density at radius 3 is 2.31 bits per heavy atom. The second-order valence-corrected chi connectivity index (χ2v) is 6.23. The van der Waals surface area contributed by atoms with Crippen LogP contribution in [0, 0.1) is 0 Å². The Bertz CT molecular complexity index is 983. The van der Waals surface area contributed by atoms with E-state index in [1.54, 1.807) is 6.07 Å². The molecule has 7 heteroatoms. The molecule has 0 aliphatic heterocycles. The van der Waals surface area contributed by atoms with Crippen LogP contribution in [0.3, 0.4) is 0 Å². The van der Waals surface area contributed by atoms with Gasteiger partial charge in [0.05, 0.1) is 6.26 Å². The van der Waals surface area contributed by atoms with Crippen molar-refractivity contribution in [3.05, 3.63) is 84.3 Å². The Kier molecular flexibility index (Phi) is 6.42. The van der Waals surface area contributed by atoms with E-state index in [0.29, 0.717) is 5.56 Å². The first-order valence-corrected chi connectivity index (χ1v) is 9.01. The monoisotopic (exact) mass is 392 g/mol. The van der Waals surface area contributed by atoms with Gasteiger partial charge in [0.1, 0.15) is 0 Å². The molecule has 0 aliphatic rings. The molecular weight excluding hydrogens is 372 g/mol. The number of carbonyl (C=O) groups is 3. The summed E-state index contributed by atoms with van der Waals surface area (Å²) in [4.78, 5) is 36.4. The average molecular weight is 392 g/mol. The normalized spacial score (nSPS) is 11.3. The largest absolute Gasteiger partial charge is 0.457 e. The number of amides is 3. The highest BCUT2D eigenvalue weighted by molar-refractivity contribution is 5.99. The number of esters is 1. The molecule has 1 heterocycles. The molecule has 0 fully saturated rings. The highest BCUT2D eigenvalue weighted by Gasteiger charge is 2.24. The summed E-state index contributed by atoms with van der Waals surface area (Å²) >= 11 is 0. The van der Waals surface area contributed by atoms with Crippen molar-refractivity contribution in [1.29, 1.82) is 0 Å². The van der Waals surface area contributed by atoms with Gasteiger partial charge in [-0.3, -0.25) is 10.1 Å². The molecule has 3 amide bonds. The second-order valence-electron chi connectivity index (χ2n) is 6.23. The molecule has 0 aliphatic carbocycles. The zero-order valence-electron chi connectivity index (χ0n) is 15.8. The van der Waals surface area contributed by atoms with Gasteiger partial charge in [0.15, 0.2) is 6.10 Å². The second kappa shape index (κ2) is 9.36. The van der Waals surface area contributed by atoms with Gasteiger partial charge >= 0.3 is 12.0 Å². The lowest BCUT2D eigenvalue weighted by molar-refractivity contribution is -0.128. The lowest BCUT2D eigenvalue weighted by Crippen LogP contribution is -2.44. The third kappa shape index (κ3) is 5.32. The number of imide groups is 1. The van der Waals surface area contributed by atoms with Gasteiger partial charge in [-0.15, -0.1) is 0 Å². The zero-order valence-corrected chi connectivity index (χ0v) is 15.8. The predicted molar refractivity (Wildman–Crippen MR) is 106 cm³/mol. The Labute approximate surface area is 167 Å². The van der Waals surface area contributed by atoms with Gasteiger partial charge in [-0.05, 0) is 24.1 Å². The molecule has 3 aromatic rings. The molecule has 29 heavy (non-hydrogen) atoms. The fourth-order valence-electron chi connectivity index (χ4n) is 2.62. The van der Waals surface area contributed by atoms with Crippen LogP contribution in [0.1, 0.15) is 23.0 Å². The molecule has 0 saturated carbocycles. The minimum Gasteiger partial charge on any atom is -0.457 e. The molecule has 0 radical (unpaired) electrons. The Hall–Kier alpha value is -3.87. The van der Waals surface area contributed by atoms with E-state index in [1.165, 1.54) is 13.2 Å². The molecule has 7 nitrogen and oxygen atoms in total. The molecule has 2 aromatic carbocycles. The first-order chi connectivity index (χ1) is 14.0. The van der Waals surface area contributed by atoms with Crippen molar-refractivity contribution in [3.8, 4) is 11.1 Å². The number of hydrogen-bond acceptors (Lipinski definition) is 5. The summed E-state index contributed by atoms with van der Waals surface area (Å²) in [6.07, 6.45) is 0.194. The minimum atomic E-state index is -1.18. The summed E-state index contributed by atoms with van der Waals surface area (Å²) in [7, 11) is 0. The van der Waals surface area contributed by atoms with E-state index < -0.39 is 24.0 Å². The smallest absolute Gasteiger partial charge is 0.375 e. The fourth-order valence-corrected chi connectivity index (χ4v) is 2.62. The molecule has 2 N–H and O–H groups in total. The maximum Gasteiger partial charge on any atom is 0.375 e. The van der Waals surface area contributed by atoms with Gasteiger partial charge < -0.3 is 14.5 Å². The van der Waals surface area contributed by atoms with Crippen LogP contribution in [-0.2, 0) is 16.1 Å². The SMILES string of the molecule is CC(OC(=O)c1occc1-c1ccccc1)C(=O)NC(=O)NCc1ccccc1. The molecule has 1 atom stereocenters. The van der Waals surface area contributed by atoms with E-state index in [2.05, 4.69) is 10.6 Å². The maximum atomic E-state index is 12.4. The number of hydrogen-bond donors (Lipinski definition) is 2. The number of rotatable bonds is 6. The van der Waals surface area contributed by atoms with E-state index in [-0.39, 0.29) is 12.3 Å². The van der Waals surface area contributed by atoms with Crippen LogP contribution in [0.15, 0.2) is 77.4 Å². The Morgan fingerprint density at radius 2 is 1.62 bits per heavy atom.